The zero-order valence-corrected chi connectivity index (χ0v) is 14.1. The molecule has 0 spiro atoms. The van der Waals surface area contributed by atoms with Crippen LogP contribution in [0.4, 0.5) is 9.18 Å². The van der Waals surface area contributed by atoms with Crippen LogP contribution in [0.3, 0.4) is 0 Å². The first-order valence-electron chi connectivity index (χ1n) is 7.65. The smallest absolute Gasteiger partial charge is 0.418 e. The Bertz CT molecular complexity index is 950. The summed E-state index contributed by atoms with van der Waals surface area (Å²) in [5, 5.41) is 0. The molecule has 0 unspecified atom stereocenters. The second kappa shape index (κ2) is 7.18. The molecule has 0 aliphatic heterocycles. The van der Waals surface area contributed by atoms with Crippen LogP contribution < -0.4 is 0 Å². The van der Waals surface area contributed by atoms with Crippen molar-refractivity contribution in [3.8, 4) is 22.3 Å². The Morgan fingerprint density at radius 1 is 0.962 bits per heavy atom. The largest absolute Gasteiger partial charge is 0.464 e. The maximum atomic E-state index is 13.4. The molecule has 1 aromatic carbocycles. The number of carbonyl (C=O) groups is 2. The van der Waals surface area contributed by atoms with Gasteiger partial charge in [0.2, 0.25) is 0 Å². The van der Waals surface area contributed by atoms with E-state index < -0.39 is 17.9 Å². The number of benzene rings is 1. The lowest BCUT2D eigenvalue weighted by Gasteiger charge is -2.09. The minimum absolute atomic E-state index is 0.00206. The number of nitrogens with zero attached hydrogens (tertiary/aromatic N) is 2. The fourth-order valence-corrected chi connectivity index (χ4v) is 2.70. The van der Waals surface area contributed by atoms with Gasteiger partial charge in [-0.3, -0.25) is 4.98 Å². The zero-order valence-electron chi connectivity index (χ0n) is 14.1. The molecule has 2 aromatic heterocycles. The lowest BCUT2D eigenvalue weighted by Crippen LogP contribution is -2.18. The molecule has 3 rings (SSSR count). The number of pyridine rings is 1. The third kappa shape index (κ3) is 3.06. The fourth-order valence-electron chi connectivity index (χ4n) is 2.70. The van der Waals surface area contributed by atoms with Gasteiger partial charge in [0.15, 0.2) is 0 Å². The molecule has 6 nitrogen and oxygen atoms in total. The molecule has 0 saturated heterocycles. The van der Waals surface area contributed by atoms with Crippen LogP contribution in [-0.4, -0.2) is 35.8 Å². The highest BCUT2D eigenvalue weighted by molar-refractivity contribution is 6.04. The number of methoxy groups -OCH3 is 2. The van der Waals surface area contributed by atoms with Crippen molar-refractivity contribution in [1.82, 2.24) is 9.55 Å². The van der Waals surface area contributed by atoms with Crippen molar-refractivity contribution in [2.45, 2.75) is 0 Å². The van der Waals surface area contributed by atoms with Gasteiger partial charge in [-0.1, -0.05) is 12.1 Å². The van der Waals surface area contributed by atoms with Gasteiger partial charge in [0.1, 0.15) is 11.5 Å². The third-order valence-electron chi connectivity index (χ3n) is 3.88. The molecule has 0 amide bonds. The standard InChI is InChI=1S/C19H15FN2O4/c1-25-18(23)17-16(13-3-5-14(20)6-4-13)15(11-22(17)19(24)26-2)12-7-9-21-10-8-12/h3-11H,1-2H3. The SMILES string of the molecule is COC(=O)c1c(-c2ccc(F)cc2)c(-c2ccncc2)cn1C(=O)OC. The quantitative estimate of drug-likeness (QED) is 0.670. The molecular weight excluding hydrogens is 339 g/mol. The van der Waals surface area contributed by atoms with Gasteiger partial charge in [0.25, 0.3) is 0 Å². The fraction of sp³-hybridized carbons (Fsp3) is 0.105. The van der Waals surface area contributed by atoms with Crippen molar-refractivity contribution >= 4 is 12.1 Å². The van der Waals surface area contributed by atoms with Crippen LogP contribution in [0.2, 0.25) is 0 Å². The van der Waals surface area contributed by atoms with Crippen molar-refractivity contribution in [3.05, 3.63) is 66.5 Å². The summed E-state index contributed by atoms with van der Waals surface area (Å²) in [6, 6.07) is 9.10. The molecule has 0 atom stereocenters. The Hall–Kier alpha value is -3.48. The molecule has 0 aliphatic rings. The average molecular weight is 354 g/mol. The van der Waals surface area contributed by atoms with Crippen molar-refractivity contribution in [2.75, 3.05) is 14.2 Å². The highest BCUT2D eigenvalue weighted by Crippen LogP contribution is 2.37. The van der Waals surface area contributed by atoms with Gasteiger partial charge in [-0.2, -0.15) is 0 Å². The molecule has 0 radical (unpaired) electrons. The van der Waals surface area contributed by atoms with Crippen molar-refractivity contribution in [3.63, 3.8) is 0 Å². The highest BCUT2D eigenvalue weighted by atomic mass is 19.1. The Labute approximate surface area is 148 Å². The third-order valence-corrected chi connectivity index (χ3v) is 3.88. The van der Waals surface area contributed by atoms with Gasteiger partial charge in [0.05, 0.1) is 14.2 Å². The maximum absolute atomic E-state index is 13.4. The van der Waals surface area contributed by atoms with Crippen LogP contribution >= 0.6 is 0 Å². The summed E-state index contributed by atoms with van der Waals surface area (Å²) in [5.41, 5.74) is 2.31. The van der Waals surface area contributed by atoms with Crippen molar-refractivity contribution in [2.24, 2.45) is 0 Å². The molecule has 2 heterocycles. The van der Waals surface area contributed by atoms with Gasteiger partial charge < -0.3 is 9.47 Å². The van der Waals surface area contributed by atoms with Crippen LogP contribution in [0.1, 0.15) is 10.5 Å². The van der Waals surface area contributed by atoms with E-state index in [1.54, 1.807) is 24.5 Å². The summed E-state index contributed by atoms with van der Waals surface area (Å²) in [6.45, 7) is 0. The minimum Gasteiger partial charge on any atom is -0.464 e. The van der Waals surface area contributed by atoms with Crippen LogP contribution in [0.15, 0.2) is 55.0 Å². The van der Waals surface area contributed by atoms with E-state index in [1.165, 1.54) is 44.7 Å². The number of halogens is 1. The van der Waals surface area contributed by atoms with Crippen LogP contribution in [0.25, 0.3) is 22.3 Å². The predicted molar refractivity (Wildman–Crippen MR) is 92.2 cm³/mol. The summed E-state index contributed by atoms with van der Waals surface area (Å²) < 4.78 is 24.1. The minimum atomic E-state index is -0.742. The molecule has 0 fully saturated rings. The first kappa shape index (κ1) is 17.3. The van der Waals surface area contributed by atoms with E-state index in [9.17, 15) is 14.0 Å². The van der Waals surface area contributed by atoms with E-state index >= 15 is 0 Å². The van der Waals surface area contributed by atoms with E-state index in [-0.39, 0.29) is 5.69 Å². The lowest BCUT2D eigenvalue weighted by atomic mass is 9.97. The predicted octanol–water partition coefficient (Wildman–Crippen LogP) is 3.76. The normalized spacial score (nSPS) is 10.4. The van der Waals surface area contributed by atoms with Gasteiger partial charge in [-0.15, -0.1) is 0 Å². The summed E-state index contributed by atoms with van der Waals surface area (Å²) in [4.78, 5) is 28.6. The number of hydrogen-bond acceptors (Lipinski definition) is 5. The first-order chi connectivity index (χ1) is 12.6. The van der Waals surface area contributed by atoms with Crippen molar-refractivity contribution < 1.29 is 23.5 Å². The molecule has 0 N–H and O–H groups in total. The zero-order chi connectivity index (χ0) is 18.7. The molecular formula is C19H15FN2O4. The number of ether oxygens (including phenoxy) is 2. The van der Waals surface area contributed by atoms with Gasteiger partial charge in [-0.25, -0.2) is 18.5 Å². The lowest BCUT2D eigenvalue weighted by molar-refractivity contribution is 0.0588. The topological polar surface area (TPSA) is 70.4 Å². The average Bonchev–Trinajstić information content (AvgIpc) is 3.08. The van der Waals surface area contributed by atoms with E-state index in [1.807, 2.05) is 0 Å². The van der Waals surface area contributed by atoms with E-state index in [0.717, 1.165) is 10.1 Å². The van der Waals surface area contributed by atoms with E-state index in [4.69, 9.17) is 9.47 Å². The monoisotopic (exact) mass is 354 g/mol. The second-order valence-electron chi connectivity index (χ2n) is 5.34. The Morgan fingerprint density at radius 2 is 1.62 bits per heavy atom. The summed E-state index contributed by atoms with van der Waals surface area (Å²) in [6.07, 6.45) is 3.94. The van der Waals surface area contributed by atoms with Crippen molar-refractivity contribution in [1.29, 1.82) is 0 Å². The summed E-state index contributed by atoms with van der Waals surface area (Å²) in [7, 11) is 2.44. The number of hydrogen-bond donors (Lipinski definition) is 0. The Morgan fingerprint density at radius 3 is 2.19 bits per heavy atom. The molecule has 132 valence electrons. The number of esters is 1. The van der Waals surface area contributed by atoms with E-state index in [2.05, 4.69) is 4.98 Å². The van der Waals surface area contributed by atoms with Crippen LogP contribution in [0.5, 0.6) is 0 Å². The summed E-state index contributed by atoms with van der Waals surface area (Å²) >= 11 is 0. The van der Waals surface area contributed by atoms with E-state index in [0.29, 0.717) is 16.7 Å². The molecule has 0 bridgehead atoms. The molecule has 26 heavy (non-hydrogen) atoms. The molecule has 0 aliphatic carbocycles. The summed E-state index contributed by atoms with van der Waals surface area (Å²) in [5.74, 6) is -1.12. The van der Waals surface area contributed by atoms with Gasteiger partial charge in [0, 0.05) is 29.7 Å². The Kier molecular flexibility index (Phi) is 4.79. The molecule has 0 saturated carbocycles. The maximum Gasteiger partial charge on any atom is 0.418 e. The first-order valence-corrected chi connectivity index (χ1v) is 7.65. The molecule has 7 heteroatoms. The van der Waals surface area contributed by atoms with Crippen LogP contribution in [-0.2, 0) is 9.47 Å². The van der Waals surface area contributed by atoms with Gasteiger partial charge >= 0.3 is 12.1 Å². The van der Waals surface area contributed by atoms with Gasteiger partial charge in [-0.05, 0) is 35.4 Å². The highest BCUT2D eigenvalue weighted by Gasteiger charge is 2.27. The second-order valence-corrected chi connectivity index (χ2v) is 5.34. The number of carbonyl (C=O) groups excluding carboxylic acids is 2. The number of rotatable bonds is 3. The molecule has 3 aromatic rings. The number of aromatic nitrogens is 2. The Balaban J connectivity index is 2.36. The van der Waals surface area contributed by atoms with Crippen LogP contribution in [0, 0.1) is 5.82 Å².